The number of rotatable bonds is 4. The van der Waals surface area contributed by atoms with E-state index < -0.39 is 0 Å². The van der Waals surface area contributed by atoms with Crippen molar-refractivity contribution in [2.75, 3.05) is 12.4 Å². The van der Waals surface area contributed by atoms with Crippen molar-refractivity contribution in [3.63, 3.8) is 0 Å². The van der Waals surface area contributed by atoms with Gasteiger partial charge in [-0.15, -0.1) is 0 Å². The fourth-order valence-electron chi connectivity index (χ4n) is 1.78. The molecule has 0 fully saturated rings. The molecule has 4 heteroatoms. The third-order valence-corrected chi connectivity index (χ3v) is 3.21. The lowest BCUT2D eigenvalue weighted by molar-refractivity contribution is 0.410. The summed E-state index contributed by atoms with van der Waals surface area (Å²) >= 11 is 3.45. The van der Waals surface area contributed by atoms with Gasteiger partial charge in [-0.2, -0.15) is 5.26 Å². The van der Waals surface area contributed by atoms with E-state index in [1.54, 1.807) is 13.2 Å². The molecule has 0 unspecified atom stereocenters. The number of halogens is 1. The molecule has 96 valence electrons. The maximum absolute atomic E-state index is 8.86. The van der Waals surface area contributed by atoms with E-state index in [2.05, 4.69) is 27.3 Å². The normalized spacial score (nSPS) is 9.74. The quantitative estimate of drug-likeness (QED) is 0.929. The van der Waals surface area contributed by atoms with Crippen LogP contribution in [0.1, 0.15) is 11.1 Å². The van der Waals surface area contributed by atoms with Crippen molar-refractivity contribution in [1.29, 1.82) is 5.26 Å². The van der Waals surface area contributed by atoms with Crippen molar-refractivity contribution in [1.82, 2.24) is 0 Å². The van der Waals surface area contributed by atoms with Crippen molar-refractivity contribution in [2.45, 2.75) is 6.54 Å². The number of hydrogen-bond acceptors (Lipinski definition) is 3. The summed E-state index contributed by atoms with van der Waals surface area (Å²) in [6, 6.07) is 15.4. The maximum Gasteiger partial charge on any atom is 0.123 e. The second-order valence-corrected chi connectivity index (χ2v) is 4.92. The molecule has 1 N–H and O–H groups in total. The van der Waals surface area contributed by atoms with Gasteiger partial charge in [0.2, 0.25) is 0 Å². The van der Waals surface area contributed by atoms with E-state index in [-0.39, 0.29) is 0 Å². The molecule has 0 aliphatic carbocycles. The zero-order chi connectivity index (χ0) is 13.7. The minimum absolute atomic E-state index is 0.636. The molecule has 0 aliphatic rings. The standard InChI is InChI=1S/C15H13BrN2O/c1-19-15-6-5-13(16)8-12(15)10-18-14-4-2-3-11(7-14)9-17/h2-8,18H,10H2,1H3. The van der Waals surface area contributed by atoms with Crippen molar-refractivity contribution in [3.8, 4) is 11.8 Å². The Kier molecular flexibility index (Phi) is 4.43. The van der Waals surface area contributed by atoms with Gasteiger partial charge in [-0.25, -0.2) is 0 Å². The lowest BCUT2D eigenvalue weighted by Crippen LogP contribution is -2.02. The van der Waals surface area contributed by atoms with Crippen molar-refractivity contribution in [3.05, 3.63) is 58.1 Å². The van der Waals surface area contributed by atoms with Crippen LogP contribution in [0.2, 0.25) is 0 Å². The Morgan fingerprint density at radius 2 is 2.11 bits per heavy atom. The van der Waals surface area contributed by atoms with E-state index in [1.165, 1.54) is 0 Å². The first-order valence-electron chi connectivity index (χ1n) is 5.79. The number of nitrogens with one attached hydrogen (secondary N) is 1. The van der Waals surface area contributed by atoms with Crippen LogP contribution in [0.3, 0.4) is 0 Å². The summed E-state index contributed by atoms with van der Waals surface area (Å²) in [6.45, 7) is 0.636. The fraction of sp³-hybridized carbons (Fsp3) is 0.133. The van der Waals surface area contributed by atoms with Crippen LogP contribution >= 0.6 is 15.9 Å². The Morgan fingerprint density at radius 3 is 2.84 bits per heavy atom. The van der Waals surface area contributed by atoms with Gasteiger partial charge < -0.3 is 10.1 Å². The molecule has 0 aliphatic heterocycles. The highest BCUT2D eigenvalue weighted by molar-refractivity contribution is 9.10. The van der Waals surface area contributed by atoms with Gasteiger partial charge in [0.15, 0.2) is 0 Å². The van der Waals surface area contributed by atoms with Crippen LogP contribution < -0.4 is 10.1 Å². The molecule has 0 saturated heterocycles. The predicted octanol–water partition coefficient (Wildman–Crippen LogP) is 3.94. The van der Waals surface area contributed by atoms with Crippen LogP contribution in [0.25, 0.3) is 0 Å². The average Bonchev–Trinajstić information content (AvgIpc) is 2.45. The summed E-state index contributed by atoms with van der Waals surface area (Å²) in [6.07, 6.45) is 0. The predicted molar refractivity (Wildman–Crippen MR) is 79.2 cm³/mol. The van der Waals surface area contributed by atoms with Crippen LogP contribution in [-0.2, 0) is 6.54 Å². The van der Waals surface area contributed by atoms with E-state index in [4.69, 9.17) is 10.00 Å². The SMILES string of the molecule is COc1ccc(Br)cc1CNc1cccc(C#N)c1. The molecule has 2 rings (SSSR count). The van der Waals surface area contributed by atoms with Gasteiger partial charge in [0, 0.05) is 22.3 Å². The molecule has 0 atom stereocenters. The third kappa shape index (κ3) is 3.49. The minimum atomic E-state index is 0.636. The van der Waals surface area contributed by atoms with Gasteiger partial charge in [-0.1, -0.05) is 22.0 Å². The van der Waals surface area contributed by atoms with Crippen LogP contribution in [0.15, 0.2) is 46.9 Å². The Hall–Kier alpha value is -1.99. The Bertz CT molecular complexity index is 620. The topological polar surface area (TPSA) is 45.0 Å². The monoisotopic (exact) mass is 316 g/mol. The number of nitrogens with zero attached hydrogens (tertiary/aromatic N) is 1. The van der Waals surface area contributed by atoms with Gasteiger partial charge >= 0.3 is 0 Å². The molecular weight excluding hydrogens is 304 g/mol. The average molecular weight is 317 g/mol. The highest BCUT2D eigenvalue weighted by atomic mass is 79.9. The van der Waals surface area contributed by atoms with E-state index in [9.17, 15) is 0 Å². The van der Waals surface area contributed by atoms with Crippen LogP contribution in [0.4, 0.5) is 5.69 Å². The maximum atomic E-state index is 8.86. The molecule has 0 amide bonds. The molecule has 0 spiro atoms. The first-order chi connectivity index (χ1) is 9.22. The molecule has 0 saturated carbocycles. The summed E-state index contributed by atoms with van der Waals surface area (Å²) < 4.78 is 6.33. The van der Waals surface area contributed by atoms with Gasteiger partial charge in [0.05, 0.1) is 18.7 Å². The number of hydrogen-bond donors (Lipinski definition) is 1. The second kappa shape index (κ2) is 6.26. The lowest BCUT2D eigenvalue weighted by atomic mass is 10.2. The summed E-state index contributed by atoms with van der Waals surface area (Å²) in [5, 5.41) is 12.1. The van der Waals surface area contributed by atoms with Gasteiger partial charge in [-0.3, -0.25) is 0 Å². The molecule has 0 heterocycles. The van der Waals surface area contributed by atoms with E-state index >= 15 is 0 Å². The molecule has 3 nitrogen and oxygen atoms in total. The van der Waals surface area contributed by atoms with Crippen molar-refractivity contribution < 1.29 is 4.74 Å². The minimum Gasteiger partial charge on any atom is -0.496 e. The third-order valence-electron chi connectivity index (χ3n) is 2.72. The first kappa shape index (κ1) is 13.4. The van der Waals surface area contributed by atoms with Gasteiger partial charge in [-0.05, 0) is 36.4 Å². The van der Waals surface area contributed by atoms with E-state index in [1.807, 2.05) is 36.4 Å². The molecule has 2 aromatic rings. The molecule has 0 bridgehead atoms. The van der Waals surface area contributed by atoms with Crippen LogP contribution in [0.5, 0.6) is 5.75 Å². The van der Waals surface area contributed by atoms with Crippen LogP contribution in [-0.4, -0.2) is 7.11 Å². The number of nitriles is 1. The molecule has 0 aromatic heterocycles. The smallest absolute Gasteiger partial charge is 0.123 e. The number of benzene rings is 2. The first-order valence-corrected chi connectivity index (χ1v) is 6.58. The summed E-state index contributed by atoms with van der Waals surface area (Å²) in [5.74, 6) is 0.840. The zero-order valence-corrected chi connectivity index (χ0v) is 12.1. The second-order valence-electron chi connectivity index (χ2n) is 4.00. The highest BCUT2D eigenvalue weighted by Crippen LogP contribution is 2.24. The number of anilines is 1. The fourth-order valence-corrected chi connectivity index (χ4v) is 2.19. The summed E-state index contributed by atoms with van der Waals surface area (Å²) in [5.41, 5.74) is 2.62. The Labute approximate surface area is 121 Å². The number of methoxy groups -OCH3 is 1. The Morgan fingerprint density at radius 1 is 1.26 bits per heavy atom. The van der Waals surface area contributed by atoms with Gasteiger partial charge in [0.25, 0.3) is 0 Å². The zero-order valence-electron chi connectivity index (χ0n) is 10.5. The summed E-state index contributed by atoms with van der Waals surface area (Å²) in [7, 11) is 1.66. The van der Waals surface area contributed by atoms with Crippen molar-refractivity contribution >= 4 is 21.6 Å². The van der Waals surface area contributed by atoms with Crippen molar-refractivity contribution in [2.24, 2.45) is 0 Å². The van der Waals surface area contributed by atoms with Gasteiger partial charge in [0.1, 0.15) is 5.75 Å². The van der Waals surface area contributed by atoms with Crippen LogP contribution in [0, 0.1) is 11.3 Å². The highest BCUT2D eigenvalue weighted by Gasteiger charge is 2.03. The molecule has 0 radical (unpaired) electrons. The largest absolute Gasteiger partial charge is 0.496 e. The lowest BCUT2D eigenvalue weighted by Gasteiger charge is -2.11. The summed E-state index contributed by atoms with van der Waals surface area (Å²) in [4.78, 5) is 0. The molecule has 19 heavy (non-hydrogen) atoms. The molecular formula is C15H13BrN2O. The van der Waals surface area contributed by atoms with E-state index in [0.717, 1.165) is 21.5 Å². The molecule has 2 aromatic carbocycles. The Balaban J connectivity index is 2.14. The van der Waals surface area contributed by atoms with E-state index in [0.29, 0.717) is 12.1 Å². The number of ether oxygens (including phenoxy) is 1.